The smallest absolute Gasteiger partial charge is 0.350 e. The lowest BCUT2D eigenvalue weighted by Gasteiger charge is -2.16. The summed E-state index contributed by atoms with van der Waals surface area (Å²) in [6.07, 6.45) is 0. The summed E-state index contributed by atoms with van der Waals surface area (Å²) in [7, 11) is 3.38. The molecule has 152 valence electrons. The molecule has 1 unspecified atom stereocenters. The van der Waals surface area contributed by atoms with Crippen LogP contribution in [0.5, 0.6) is 5.75 Å². The molecule has 0 spiro atoms. The SMILES string of the molecule is CCOC(=O)c1sc(C(C)NC(=NC)NCc2cc(C)cc(OC)c2)nc1C. The maximum atomic E-state index is 12.0. The monoisotopic (exact) mass is 404 g/mol. The number of benzene rings is 1. The van der Waals surface area contributed by atoms with Crippen molar-refractivity contribution in [2.24, 2.45) is 4.99 Å². The van der Waals surface area contributed by atoms with E-state index in [1.807, 2.05) is 32.9 Å². The summed E-state index contributed by atoms with van der Waals surface area (Å²) in [5.74, 6) is 1.16. The minimum atomic E-state index is -0.327. The summed E-state index contributed by atoms with van der Waals surface area (Å²) in [6, 6.07) is 5.98. The molecule has 0 radical (unpaired) electrons. The fourth-order valence-corrected chi connectivity index (χ4v) is 3.64. The van der Waals surface area contributed by atoms with Gasteiger partial charge in [-0.25, -0.2) is 9.78 Å². The van der Waals surface area contributed by atoms with E-state index in [1.165, 1.54) is 11.3 Å². The summed E-state index contributed by atoms with van der Waals surface area (Å²) >= 11 is 1.34. The van der Waals surface area contributed by atoms with E-state index in [2.05, 4.69) is 26.7 Å². The molecule has 0 amide bonds. The normalized spacial score (nSPS) is 12.4. The molecule has 7 nitrogen and oxygen atoms in total. The number of methoxy groups -OCH3 is 1. The van der Waals surface area contributed by atoms with Crippen molar-refractivity contribution in [2.75, 3.05) is 20.8 Å². The second-order valence-electron chi connectivity index (χ2n) is 6.34. The van der Waals surface area contributed by atoms with E-state index in [1.54, 1.807) is 21.1 Å². The number of carbonyl (C=O) groups is 1. The van der Waals surface area contributed by atoms with Crippen LogP contribution in [0.4, 0.5) is 0 Å². The fourth-order valence-electron chi connectivity index (χ4n) is 2.68. The molecule has 0 saturated carbocycles. The summed E-state index contributed by atoms with van der Waals surface area (Å²) in [5.41, 5.74) is 2.92. The van der Waals surface area contributed by atoms with Gasteiger partial charge in [0.1, 0.15) is 15.6 Å². The number of aryl methyl sites for hydroxylation is 2. The summed E-state index contributed by atoms with van der Waals surface area (Å²) in [6.45, 7) is 8.58. The van der Waals surface area contributed by atoms with Crippen LogP contribution in [0.3, 0.4) is 0 Å². The Hall–Kier alpha value is -2.61. The Balaban J connectivity index is 2.02. The molecular formula is C20H28N4O3S. The van der Waals surface area contributed by atoms with Crippen molar-refractivity contribution >= 4 is 23.3 Å². The maximum Gasteiger partial charge on any atom is 0.350 e. The van der Waals surface area contributed by atoms with Crippen LogP contribution in [-0.2, 0) is 11.3 Å². The Bertz CT molecular complexity index is 848. The first-order chi connectivity index (χ1) is 13.4. The molecule has 2 rings (SSSR count). The number of hydrogen-bond acceptors (Lipinski definition) is 6. The van der Waals surface area contributed by atoms with Crippen molar-refractivity contribution in [3.05, 3.63) is 44.9 Å². The van der Waals surface area contributed by atoms with E-state index in [4.69, 9.17) is 9.47 Å². The number of esters is 1. The minimum Gasteiger partial charge on any atom is -0.497 e. The van der Waals surface area contributed by atoms with Crippen LogP contribution in [0.2, 0.25) is 0 Å². The molecule has 2 N–H and O–H groups in total. The van der Waals surface area contributed by atoms with Crippen molar-refractivity contribution in [3.8, 4) is 5.75 Å². The molecular weight excluding hydrogens is 376 g/mol. The zero-order valence-electron chi connectivity index (χ0n) is 17.3. The van der Waals surface area contributed by atoms with Crippen LogP contribution in [0.25, 0.3) is 0 Å². The van der Waals surface area contributed by atoms with Gasteiger partial charge in [0, 0.05) is 13.6 Å². The van der Waals surface area contributed by atoms with Crippen LogP contribution in [-0.4, -0.2) is 37.7 Å². The average molecular weight is 405 g/mol. The molecule has 1 atom stereocenters. The Kier molecular flexibility index (Phi) is 7.80. The van der Waals surface area contributed by atoms with Gasteiger partial charge in [0.25, 0.3) is 0 Å². The number of guanidine groups is 1. The Labute approximate surface area is 170 Å². The fraction of sp³-hybridized carbons (Fsp3) is 0.450. The van der Waals surface area contributed by atoms with Gasteiger partial charge in [-0.15, -0.1) is 11.3 Å². The molecule has 0 aliphatic heterocycles. The summed E-state index contributed by atoms with van der Waals surface area (Å²) < 4.78 is 10.4. The van der Waals surface area contributed by atoms with E-state index < -0.39 is 0 Å². The molecule has 1 aromatic heterocycles. The number of carbonyl (C=O) groups excluding carboxylic acids is 1. The van der Waals surface area contributed by atoms with Gasteiger partial charge in [-0.05, 0) is 51.0 Å². The number of rotatable bonds is 7. The highest BCUT2D eigenvalue weighted by Gasteiger charge is 2.20. The van der Waals surface area contributed by atoms with Crippen LogP contribution in [0.15, 0.2) is 23.2 Å². The van der Waals surface area contributed by atoms with Crippen molar-refractivity contribution in [1.29, 1.82) is 0 Å². The molecule has 2 aromatic rings. The van der Waals surface area contributed by atoms with Crippen molar-refractivity contribution in [2.45, 2.75) is 40.3 Å². The number of nitrogens with one attached hydrogen (secondary N) is 2. The third kappa shape index (κ3) is 5.69. The van der Waals surface area contributed by atoms with E-state index in [-0.39, 0.29) is 12.0 Å². The maximum absolute atomic E-state index is 12.0. The minimum absolute atomic E-state index is 0.106. The number of aliphatic imine (C=N–C) groups is 1. The quantitative estimate of drug-likeness (QED) is 0.418. The molecule has 0 fully saturated rings. The first kappa shape index (κ1) is 21.7. The Morgan fingerprint density at radius 1 is 1.32 bits per heavy atom. The molecule has 1 heterocycles. The topological polar surface area (TPSA) is 84.8 Å². The number of ether oxygens (including phenoxy) is 2. The highest BCUT2D eigenvalue weighted by Crippen LogP contribution is 2.24. The third-order valence-corrected chi connectivity index (χ3v) is 5.35. The second kappa shape index (κ2) is 10.1. The van der Waals surface area contributed by atoms with E-state index in [9.17, 15) is 4.79 Å². The van der Waals surface area contributed by atoms with Crippen LogP contribution < -0.4 is 15.4 Å². The van der Waals surface area contributed by atoms with Crippen molar-refractivity contribution in [1.82, 2.24) is 15.6 Å². The molecule has 0 aliphatic rings. The zero-order valence-corrected chi connectivity index (χ0v) is 18.1. The summed E-state index contributed by atoms with van der Waals surface area (Å²) in [5, 5.41) is 7.42. The lowest BCUT2D eigenvalue weighted by Crippen LogP contribution is -2.38. The highest BCUT2D eigenvalue weighted by atomic mass is 32.1. The highest BCUT2D eigenvalue weighted by molar-refractivity contribution is 7.13. The van der Waals surface area contributed by atoms with Gasteiger partial charge in [-0.2, -0.15) is 0 Å². The molecule has 28 heavy (non-hydrogen) atoms. The number of aromatic nitrogens is 1. The zero-order chi connectivity index (χ0) is 20.7. The van der Waals surface area contributed by atoms with E-state index >= 15 is 0 Å². The Morgan fingerprint density at radius 3 is 2.71 bits per heavy atom. The lowest BCUT2D eigenvalue weighted by atomic mass is 10.1. The number of nitrogens with zero attached hydrogens (tertiary/aromatic N) is 2. The largest absolute Gasteiger partial charge is 0.497 e. The Morgan fingerprint density at radius 2 is 2.07 bits per heavy atom. The number of thiazole rings is 1. The first-order valence-electron chi connectivity index (χ1n) is 9.14. The van der Waals surface area contributed by atoms with Crippen LogP contribution in [0.1, 0.15) is 51.4 Å². The van der Waals surface area contributed by atoms with Crippen molar-refractivity contribution in [3.63, 3.8) is 0 Å². The van der Waals surface area contributed by atoms with Crippen LogP contribution in [0, 0.1) is 13.8 Å². The van der Waals surface area contributed by atoms with Gasteiger partial charge < -0.3 is 20.1 Å². The van der Waals surface area contributed by atoms with Gasteiger partial charge in [0.05, 0.1) is 25.5 Å². The van der Waals surface area contributed by atoms with E-state index in [0.29, 0.717) is 29.7 Å². The summed E-state index contributed by atoms with van der Waals surface area (Å²) in [4.78, 5) is 21.3. The number of hydrogen-bond donors (Lipinski definition) is 2. The molecule has 1 aromatic carbocycles. The molecule has 0 saturated heterocycles. The molecule has 0 bridgehead atoms. The van der Waals surface area contributed by atoms with Gasteiger partial charge in [-0.3, -0.25) is 4.99 Å². The van der Waals surface area contributed by atoms with Gasteiger partial charge >= 0.3 is 5.97 Å². The van der Waals surface area contributed by atoms with Gasteiger partial charge in [-0.1, -0.05) is 6.07 Å². The predicted octanol–water partition coefficient (Wildman–Crippen LogP) is 3.37. The molecule has 0 aliphatic carbocycles. The van der Waals surface area contributed by atoms with Crippen LogP contribution >= 0.6 is 11.3 Å². The lowest BCUT2D eigenvalue weighted by molar-refractivity contribution is 0.0531. The van der Waals surface area contributed by atoms with Gasteiger partial charge in [0.2, 0.25) is 0 Å². The van der Waals surface area contributed by atoms with Crippen molar-refractivity contribution < 1.29 is 14.3 Å². The predicted molar refractivity (Wildman–Crippen MR) is 112 cm³/mol. The first-order valence-corrected chi connectivity index (χ1v) is 9.95. The van der Waals surface area contributed by atoms with E-state index in [0.717, 1.165) is 21.9 Å². The second-order valence-corrected chi connectivity index (χ2v) is 7.37. The standard InChI is InChI=1S/C20H28N4O3S/c1-7-27-19(25)17-13(3)23-18(28-17)14(4)24-20(21-5)22-11-15-8-12(2)9-16(10-15)26-6/h8-10,14H,7,11H2,1-6H3,(H2,21,22,24). The third-order valence-electron chi connectivity index (χ3n) is 4.03. The molecule has 8 heteroatoms. The van der Waals surface area contributed by atoms with Gasteiger partial charge in [0.15, 0.2) is 5.96 Å². The average Bonchev–Trinajstić information content (AvgIpc) is 3.06.